The molecular formula is C22H27N5O3S2. The number of hydrogen-bond donors (Lipinski definition) is 1. The van der Waals surface area contributed by atoms with E-state index in [0.717, 1.165) is 5.69 Å². The van der Waals surface area contributed by atoms with Crippen molar-refractivity contribution in [3.63, 3.8) is 0 Å². The molecule has 10 heteroatoms. The van der Waals surface area contributed by atoms with Gasteiger partial charge in [-0.25, -0.2) is 8.42 Å². The van der Waals surface area contributed by atoms with Crippen LogP contribution in [0.5, 0.6) is 0 Å². The van der Waals surface area contributed by atoms with Gasteiger partial charge in [-0.1, -0.05) is 55.9 Å². The Morgan fingerprint density at radius 3 is 2.41 bits per heavy atom. The molecule has 8 nitrogen and oxygen atoms in total. The summed E-state index contributed by atoms with van der Waals surface area (Å²) in [5.74, 6) is 0.620. The van der Waals surface area contributed by atoms with E-state index in [4.69, 9.17) is 0 Å². The normalized spacial score (nSPS) is 11.6. The van der Waals surface area contributed by atoms with E-state index in [1.165, 1.54) is 16.1 Å². The smallest absolute Gasteiger partial charge is 0.243 e. The maximum absolute atomic E-state index is 13.0. The summed E-state index contributed by atoms with van der Waals surface area (Å²) in [6.45, 7) is 6.84. The van der Waals surface area contributed by atoms with Gasteiger partial charge in [-0.2, -0.15) is 4.31 Å². The molecule has 0 bridgehead atoms. The molecule has 1 amide bonds. The van der Waals surface area contributed by atoms with Gasteiger partial charge in [0.25, 0.3) is 0 Å². The molecule has 0 spiro atoms. The summed E-state index contributed by atoms with van der Waals surface area (Å²) in [6, 6.07) is 16.3. The van der Waals surface area contributed by atoms with E-state index in [0.29, 0.717) is 36.2 Å². The van der Waals surface area contributed by atoms with E-state index >= 15 is 0 Å². The van der Waals surface area contributed by atoms with Crippen molar-refractivity contribution in [2.45, 2.75) is 30.8 Å². The molecule has 1 N–H and O–H groups in total. The van der Waals surface area contributed by atoms with Crippen LogP contribution in [-0.4, -0.2) is 58.8 Å². The van der Waals surface area contributed by atoms with Crippen molar-refractivity contribution >= 4 is 27.7 Å². The van der Waals surface area contributed by atoms with Crippen LogP contribution in [0.25, 0.3) is 17.1 Å². The fraction of sp³-hybridized carbons (Fsp3) is 0.318. The second kappa shape index (κ2) is 10.8. The van der Waals surface area contributed by atoms with E-state index in [2.05, 4.69) is 15.5 Å². The number of para-hydroxylation sites is 1. The first-order chi connectivity index (χ1) is 15.4. The number of hydrogen-bond acceptors (Lipinski definition) is 6. The summed E-state index contributed by atoms with van der Waals surface area (Å²) in [4.78, 5) is 12.2. The first kappa shape index (κ1) is 24.0. The molecule has 2 aromatic carbocycles. The lowest BCUT2D eigenvalue weighted by Crippen LogP contribution is -2.30. The van der Waals surface area contributed by atoms with Crippen molar-refractivity contribution < 1.29 is 13.2 Å². The number of sulfonamides is 1. The van der Waals surface area contributed by atoms with E-state index in [9.17, 15) is 13.2 Å². The first-order valence-corrected chi connectivity index (χ1v) is 12.9. The minimum Gasteiger partial charge on any atom is -0.356 e. The number of carbonyl (C=O) groups excluding carboxylic acids is 1. The fourth-order valence-electron chi connectivity index (χ4n) is 3.25. The summed E-state index contributed by atoms with van der Waals surface area (Å²) in [5, 5.41) is 12.0. The van der Waals surface area contributed by atoms with Gasteiger partial charge >= 0.3 is 0 Å². The van der Waals surface area contributed by atoms with Crippen molar-refractivity contribution in [3.05, 3.63) is 54.6 Å². The average molecular weight is 474 g/mol. The minimum absolute atomic E-state index is 0.0889. The molecule has 0 radical (unpaired) electrons. The summed E-state index contributed by atoms with van der Waals surface area (Å²) in [5.41, 5.74) is 1.45. The number of thioether (sulfide) groups is 1. The van der Waals surface area contributed by atoms with Crippen LogP contribution in [0.1, 0.15) is 20.8 Å². The first-order valence-electron chi connectivity index (χ1n) is 10.4. The minimum atomic E-state index is -3.61. The maximum Gasteiger partial charge on any atom is 0.243 e. The number of aromatic nitrogens is 3. The molecule has 3 aromatic rings. The van der Waals surface area contributed by atoms with Crippen LogP contribution >= 0.6 is 11.8 Å². The van der Waals surface area contributed by atoms with Crippen LogP contribution in [0.15, 0.2) is 64.6 Å². The third-order valence-corrected chi connectivity index (χ3v) is 7.76. The van der Waals surface area contributed by atoms with Crippen molar-refractivity contribution in [2.24, 2.45) is 0 Å². The zero-order valence-electron chi connectivity index (χ0n) is 18.4. The summed E-state index contributed by atoms with van der Waals surface area (Å²) < 4.78 is 29.3. The lowest BCUT2D eigenvalue weighted by atomic mass is 10.2. The molecule has 3 rings (SSSR count). The lowest BCUT2D eigenvalue weighted by Gasteiger charge is -2.19. The van der Waals surface area contributed by atoms with Crippen LogP contribution in [0, 0.1) is 0 Å². The van der Waals surface area contributed by atoms with Crippen LogP contribution in [0.4, 0.5) is 0 Å². The van der Waals surface area contributed by atoms with Crippen LogP contribution in [0.2, 0.25) is 0 Å². The lowest BCUT2D eigenvalue weighted by molar-refractivity contribution is -0.118. The third-order valence-electron chi connectivity index (χ3n) is 4.79. The van der Waals surface area contributed by atoms with Gasteiger partial charge in [-0.3, -0.25) is 9.36 Å². The van der Waals surface area contributed by atoms with Gasteiger partial charge in [0.1, 0.15) is 0 Å². The number of nitrogens with one attached hydrogen (secondary N) is 1. The SMILES string of the molecule is CCNC(=O)CSc1nnc(-c2cccc(S(=O)(=O)N(CC)CC)c2)n1-c1ccccc1. The standard InChI is InChI=1S/C22H27N5O3S2/c1-4-23-20(28)16-31-22-25-24-21(27(22)18-12-8-7-9-13-18)17-11-10-14-19(15-17)32(29,30)26(5-2)6-3/h7-15H,4-6,16H2,1-3H3,(H,23,28). The number of amides is 1. The van der Waals surface area contributed by atoms with Gasteiger partial charge in [0, 0.05) is 30.9 Å². The highest BCUT2D eigenvalue weighted by Gasteiger charge is 2.23. The second-order valence-corrected chi connectivity index (χ2v) is 9.72. The quantitative estimate of drug-likeness (QED) is 0.454. The Hall–Kier alpha value is -2.69. The topological polar surface area (TPSA) is 97.2 Å². The van der Waals surface area contributed by atoms with Gasteiger partial charge in [-0.15, -0.1) is 10.2 Å². The Kier molecular flexibility index (Phi) is 8.05. The van der Waals surface area contributed by atoms with Crippen molar-refractivity contribution in [1.82, 2.24) is 24.4 Å². The number of carbonyl (C=O) groups is 1. The van der Waals surface area contributed by atoms with Gasteiger partial charge in [0.15, 0.2) is 11.0 Å². The summed E-state index contributed by atoms with van der Waals surface area (Å²) in [6.07, 6.45) is 0. The van der Waals surface area contributed by atoms with Crippen LogP contribution in [-0.2, 0) is 14.8 Å². The Labute approximate surface area is 193 Å². The molecule has 0 unspecified atom stereocenters. The molecule has 0 aliphatic rings. The number of rotatable bonds is 10. The summed E-state index contributed by atoms with van der Waals surface area (Å²) in [7, 11) is -3.61. The van der Waals surface area contributed by atoms with Crippen LogP contribution in [0.3, 0.4) is 0 Å². The number of nitrogens with zero attached hydrogens (tertiary/aromatic N) is 4. The highest BCUT2D eigenvalue weighted by Crippen LogP contribution is 2.29. The average Bonchev–Trinajstić information content (AvgIpc) is 3.23. The Morgan fingerprint density at radius 1 is 1.03 bits per heavy atom. The molecule has 0 saturated heterocycles. The summed E-state index contributed by atoms with van der Waals surface area (Å²) >= 11 is 1.28. The molecule has 1 aromatic heterocycles. The predicted octanol–water partition coefficient (Wildman–Crippen LogP) is 3.19. The van der Waals surface area contributed by atoms with Gasteiger partial charge < -0.3 is 5.32 Å². The molecule has 32 heavy (non-hydrogen) atoms. The highest BCUT2D eigenvalue weighted by atomic mass is 32.2. The zero-order valence-corrected chi connectivity index (χ0v) is 20.0. The molecule has 0 saturated carbocycles. The van der Waals surface area contributed by atoms with Gasteiger partial charge in [-0.05, 0) is 31.2 Å². The fourth-order valence-corrected chi connectivity index (χ4v) is 5.53. The van der Waals surface area contributed by atoms with Crippen molar-refractivity contribution in [2.75, 3.05) is 25.4 Å². The van der Waals surface area contributed by atoms with Gasteiger partial charge in [0.2, 0.25) is 15.9 Å². The van der Waals surface area contributed by atoms with E-state index < -0.39 is 10.0 Å². The second-order valence-electron chi connectivity index (χ2n) is 6.84. The Bertz CT molecular complexity index is 1160. The molecule has 0 atom stereocenters. The molecule has 1 heterocycles. The van der Waals surface area contributed by atoms with E-state index in [1.807, 2.05) is 61.7 Å². The Balaban J connectivity index is 2.06. The molecule has 0 fully saturated rings. The Morgan fingerprint density at radius 2 is 1.75 bits per heavy atom. The molecule has 0 aliphatic heterocycles. The third kappa shape index (κ3) is 5.20. The van der Waals surface area contributed by atoms with Gasteiger partial charge in [0.05, 0.1) is 10.6 Å². The number of benzene rings is 2. The molecular weight excluding hydrogens is 446 g/mol. The largest absolute Gasteiger partial charge is 0.356 e. The highest BCUT2D eigenvalue weighted by molar-refractivity contribution is 7.99. The predicted molar refractivity (Wildman–Crippen MR) is 126 cm³/mol. The maximum atomic E-state index is 13.0. The van der Waals surface area contributed by atoms with E-state index in [-0.39, 0.29) is 16.6 Å². The van der Waals surface area contributed by atoms with E-state index in [1.54, 1.807) is 18.2 Å². The van der Waals surface area contributed by atoms with Crippen molar-refractivity contribution in [3.8, 4) is 17.1 Å². The molecule has 170 valence electrons. The monoisotopic (exact) mass is 473 g/mol. The zero-order chi connectivity index (χ0) is 23.1. The van der Waals surface area contributed by atoms with Crippen molar-refractivity contribution in [1.29, 1.82) is 0 Å². The van der Waals surface area contributed by atoms with Crippen LogP contribution < -0.4 is 5.32 Å². The molecule has 0 aliphatic carbocycles.